The zero-order valence-electron chi connectivity index (χ0n) is 19.3. The zero-order chi connectivity index (χ0) is 25.9. The van der Waals surface area contributed by atoms with E-state index in [1.807, 2.05) is 36.6 Å². The minimum Gasteiger partial charge on any atom is -0.341 e. The minimum absolute atomic E-state index is 0.0618. The van der Waals surface area contributed by atoms with Crippen molar-refractivity contribution in [2.24, 2.45) is 0 Å². The zero-order valence-corrected chi connectivity index (χ0v) is 21.0. The van der Waals surface area contributed by atoms with Gasteiger partial charge in [0, 0.05) is 28.5 Å². The quantitative estimate of drug-likeness (QED) is 0.220. The van der Waals surface area contributed by atoms with Crippen LogP contribution in [0.4, 0.5) is 8.78 Å². The summed E-state index contributed by atoms with van der Waals surface area (Å²) < 4.78 is 52.3. The van der Waals surface area contributed by atoms with Crippen molar-refractivity contribution in [2.75, 3.05) is 6.79 Å². The van der Waals surface area contributed by atoms with Crippen molar-refractivity contribution in [3.63, 3.8) is 0 Å². The van der Waals surface area contributed by atoms with E-state index in [2.05, 4.69) is 14.6 Å². The van der Waals surface area contributed by atoms with Gasteiger partial charge < -0.3 is 14.5 Å². The molecule has 2 aromatic carbocycles. The number of hydrogen-bond donors (Lipinski definition) is 2. The van der Waals surface area contributed by atoms with Gasteiger partial charge >= 0.3 is 7.82 Å². The van der Waals surface area contributed by atoms with Gasteiger partial charge in [-0.1, -0.05) is 42.8 Å². The fourth-order valence-corrected chi connectivity index (χ4v) is 4.99. The predicted octanol–water partition coefficient (Wildman–Crippen LogP) is 4.77. The molecule has 0 bridgehead atoms. The Balaban J connectivity index is 1.81. The van der Waals surface area contributed by atoms with Gasteiger partial charge in [-0.15, -0.1) is 11.3 Å². The van der Waals surface area contributed by atoms with Gasteiger partial charge in [-0.3, -0.25) is 4.52 Å². The molecule has 2 atom stereocenters. The SMILES string of the molecule is Cc1ccc(-c2csc([C@H](C)[C@@](Cn3cncn3)(OCOP(=O)(O)O)c3ccc(F)cc3F)n2)cc1. The molecule has 190 valence electrons. The van der Waals surface area contributed by atoms with Gasteiger partial charge in [0.25, 0.3) is 0 Å². The van der Waals surface area contributed by atoms with Gasteiger partial charge in [-0.25, -0.2) is 28.0 Å². The number of phosphoric ester groups is 1. The van der Waals surface area contributed by atoms with Crippen molar-refractivity contribution in [3.8, 4) is 11.3 Å². The first-order valence-electron chi connectivity index (χ1n) is 10.7. The number of hydrogen-bond acceptors (Lipinski definition) is 7. The van der Waals surface area contributed by atoms with E-state index in [4.69, 9.17) is 9.72 Å². The van der Waals surface area contributed by atoms with Crippen LogP contribution >= 0.6 is 19.2 Å². The highest BCUT2D eigenvalue weighted by atomic mass is 32.1. The summed E-state index contributed by atoms with van der Waals surface area (Å²) in [4.78, 5) is 27.0. The van der Waals surface area contributed by atoms with Crippen molar-refractivity contribution in [3.05, 3.63) is 88.3 Å². The Kier molecular flexibility index (Phi) is 7.74. The molecule has 0 fully saturated rings. The lowest BCUT2D eigenvalue weighted by Crippen LogP contribution is -2.41. The van der Waals surface area contributed by atoms with Crippen LogP contribution in [0.15, 0.2) is 60.5 Å². The third-order valence-electron chi connectivity index (χ3n) is 5.73. The second kappa shape index (κ2) is 10.6. The second-order valence-electron chi connectivity index (χ2n) is 8.15. The Morgan fingerprint density at radius 3 is 2.58 bits per heavy atom. The van der Waals surface area contributed by atoms with E-state index in [1.165, 1.54) is 34.7 Å². The lowest BCUT2D eigenvalue weighted by molar-refractivity contribution is -0.140. The van der Waals surface area contributed by atoms with Crippen LogP contribution in [0.25, 0.3) is 11.3 Å². The number of aromatic nitrogens is 4. The maximum atomic E-state index is 15.2. The van der Waals surface area contributed by atoms with Crippen LogP contribution < -0.4 is 0 Å². The fourth-order valence-electron chi connectivity index (χ4n) is 3.83. The van der Waals surface area contributed by atoms with Crippen LogP contribution in [-0.2, 0) is 26.0 Å². The lowest BCUT2D eigenvalue weighted by Gasteiger charge is -2.38. The predicted molar refractivity (Wildman–Crippen MR) is 128 cm³/mol. The van der Waals surface area contributed by atoms with E-state index in [-0.39, 0.29) is 12.1 Å². The Morgan fingerprint density at radius 2 is 1.94 bits per heavy atom. The Hall–Kier alpha value is -2.86. The van der Waals surface area contributed by atoms with Crippen LogP contribution in [0.2, 0.25) is 0 Å². The number of phosphoric acid groups is 1. The monoisotopic (exact) mass is 536 g/mol. The number of halogens is 2. The highest BCUT2D eigenvalue weighted by Gasteiger charge is 2.45. The topological polar surface area (TPSA) is 120 Å². The van der Waals surface area contributed by atoms with Crippen LogP contribution in [0.1, 0.15) is 29.0 Å². The van der Waals surface area contributed by atoms with Gasteiger partial charge in [0.2, 0.25) is 0 Å². The van der Waals surface area contributed by atoms with E-state index in [9.17, 15) is 18.7 Å². The summed E-state index contributed by atoms with van der Waals surface area (Å²) in [6, 6.07) is 10.8. The van der Waals surface area contributed by atoms with Crippen LogP contribution in [0.5, 0.6) is 0 Å². The molecule has 4 aromatic rings. The third kappa shape index (κ3) is 5.92. The average molecular weight is 536 g/mol. The molecule has 2 N–H and O–H groups in total. The molecule has 0 amide bonds. The highest BCUT2D eigenvalue weighted by Crippen LogP contribution is 2.45. The summed E-state index contributed by atoms with van der Waals surface area (Å²) in [6.45, 7) is 2.69. The molecule has 0 saturated carbocycles. The normalized spacial score (nSPS) is 14.5. The van der Waals surface area contributed by atoms with E-state index in [0.29, 0.717) is 16.8 Å². The molecule has 0 aliphatic heterocycles. The molecule has 0 unspecified atom stereocenters. The van der Waals surface area contributed by atoms with Crippen LogP contribution in [-0.4, -0.2) is 36.3 Å². The smallest absolute Gasteiger partial charge is 0.341 e. The maximum Gasteiger partial charge on any atom is 0.471 e. The van der Waals surface area contributed by atoms with E-state index in [1.54, 1.807) is 6.92 Å². The summed E-state index contributed by atoms with van der Waals surface area (Å²) in [5.41, 5.74) is 0.953. The van der Waals surface area contributed by atoms with E-state index in [0.717, 1.165) is 17.2 Å². The Labute approximate surface area is 209 Å². The Bertz CT molecular complexity index is 1360. The summed E-state index contributed by atoms with van der Waals surface area (Å²) in [7, 11) is -4.90. The summed E-state index contributed by atoms with van der Waals surface area (Å²) in [5, 5.41) is 6.48. The summed E-state index contributed by atoms with van der Waals surface area (Å²) in [5.74, 6) is -2.40. The molecule has 9 nitrogen and oxygen atoms in total. The molecule has 2 heterocycles. The molecule has 13 heteroatoms. The first-order chi connectivity index (χ1) is 17.1. The van der Waals surface area contributed by atoms with Crippen molar-refractivity contribution in [1.82, 2.24) is 19.7 Å². The van der Waals surface area contributed by atoms with Gasteiger partial charge in [0.05, 0.1) is 17.2 Å². The van der Waals surface area contributed by atoms with Crippen molar-refractivity contribution < 1.29 is 32.4 Å². The van der Waals surface area contributed by atoms with Crippen molar-refractivity contribution >= 4 is 19.2 Å². The number of aryl methyl sites for hydroxylation is 1. The highest BCUT2D eigenvalue weighted by molar-refractivity contribution is 7.46. The number of ether oxygens (including phenoxy) is 1. The fraction of sp³-hybridized carbons (Fsp3) is 0.261. The average Bonchev–Trinajstić information content (AvgIpc) is 3.50. The van der Waals surface area contributed by atoms with E-state index < -0.39 is 37.8 Å². The van der Waals surface area contributed by atoms with Gasteiger partial charge in [-0.05, 0) is 13.0 Å². The molecule has 36 heavy (non-hydrogen) atoms. The van der Waals surface area contributed by atoms with Crippen LogP contribution in [0.3, 0.4) is 0 Å². The molecular weight excluding hydrogens is 513 g/mol. The van der Waals surface area contributed by atoms with Crippen LogP contribution in [0, 0.1) is 18.6 Å². The molecular formula is C23H23F2N4O5PS. The number of rotatable bonds is 10. The number of thiazole rings is 1. The minimum atomic E-state index is -4.90. The van der Waals surface area contributed by atoms with E-state index >= 15 is 4.39 Å². The molecule has 4 rings (SSSR count). The van der Waals surface area contributed by atoms with Crippen molar-refractivity contribution in [2.45, 2.75) is 31.9 Å². The largest absolute Gasteiger partial charge is 0.471 e. The third-order valence-corrected chi connectivity index (χ3v) is 7.20. The molecule has 0 aliphatic rings. The maximum absolute atomic E-state index is 15.2. The first-order valence-corrected chi connectivity index (χ1v) is 13.1. The number of benzene rings is 2. The van der Waals surface area contributed by atoms with Gasteiger partial charge in [0.1, 0.15) is 29.9 Å². The molecule has 0 radical (unpaired) electrons. The summed E-state index contributed by atoms with van der Waals surface area (Å²) in [6.07, 6.45) is 2.66. The Morgan fingerprint density at radius 1 is 1.19 bits per heavy atom. The molecule has 2 aromatic heterocycles. The first kappa shape index (κ1) is 26.2. The molecule has 0 spiro atoms. The number of nitrogens with zero attached hydrogens (tertiary/aromatic N) is 4. The van der Waals surface area contributed by atoms with Gasteiger partial charge in [0.15, 0.2) is 6.79 Å². The molecule has 0 saturated heterocycles. The lowest BCUT2D eigenvalue weighted by atomic mass is 9.81. The van der Waals surface area contributed by atoms with Gasteiger partial charge in [-0.2, -0.15) is 5.10 Å². The molecule has 0 aliphatic carbocycles. The summed E-state index contributed by atoms with van der Waals surface area (Å²) >= 11 is 1.31. The second-order valence-corrected chi connectivity index (χ2v) is 10.3. The standard InChI is InChI=1S/C23H23F2N4O5PS/c1-15-3-5-17(6-4-15)21-10-36-22(28-21)16(2)23(11-29-13-26-12-27-29,33-14-34-35(30,31)32)19-8-7-18(24)9-20(19)25/h3-10,12-13,16H,11,14H2,1-2H3,(H2,30,31,32)/t16-,23+/m0/s1. The van der Waals surface area contributed by atoms with Crippen molar-refractivity contribution in [1.29, 1.82) is 0 Å².